The Labute approximate surface area is 158 Å². The highest BCUT2D eigenvalue weighted by atomic mass is 16.6. The number of fused-ring (bicyclic) bond motifs is 1. The fourth-order valence-corrected chi connectivity index (χ4v) is 2.93. The van der Waals surface area contributed by atoms with E-state index in [1.54, 1.807) is 6.20 Å². The Balaban J connectivity index is 1.83. The predicted octanol–water partition coefficient (Wildman–Crippen LogP) is 4.70. The summed E-state index contributed by atoms with van der Waals surface area (Å²) in [6.07, 6.45) is 1.15. The van der Waals surface area contributed by atoms with Crippen LogP contribution in [0.25, 0.3) is 22.0 Å². The van der Waals surface area contributed by atoms with E-state index in [1.807, 2.05) is 71.0 Å². The van der Waals surface area contributed by atoms with Crippen molar-refractivity contribution >= 4 is 17.0 Å². The van der Waals surface area contributed by atoms with Crippen LogP contribution < -0.4 is 5.32 Å². The summed E-state index contributed by atoms with van der Waals surface area (Å²) in [6, 6.07) is 11.5. The van der Waals surface area contributed by atoms with Crippen molar-refractivity contribution in [1.82, 2.24) is 15.5 Å². The number of nitrogens with one attached hydrogen (secondary N) is 2. The number of aromatic nitrogens is 2. The smallest absolute Gasteiger partial charge is 0.408 e. The molecule has 142 valence electrons. The summed E-state index contributed by atoms with van der Waals surface area (Å²) in [6.45, 7) is 9.33. The lowest BCUT2D eigenvalue weighted by molar-refractivity contribution is 0.0470. The van der Waals surface area contributed by atoms with Crippen molar-refractivity contribution in [3.05, 3.63) is 48.2 Å². The number of phenolic OH excluding ortho intramolecular Hbond substituents is 1. The van der Waals surface area contributed by atoms with Crippen LogP contribution in [0.5, 0.6) is 5.75 Å². The third kappa shape index (κ3) is 4.05. The molecule has 3 N–H and O–H groups in total. The molecule has 6 heteroatoms. The molecule has 0 bridgehead atoms. The Kier molecular flexibility index (Phi) is 4.59. The number of carbonyl (C=O) groups excluding carboxylic acids is 1. The van der Waals surface area contributed by atoms with E-state index >= 15 is 0 Å². The van der Waals surface area contributed by atoms with Gasteiger partial charge in [-0.15, -0.1) is 0 Å². The second kappa shape index (κ2) is 6.61. The molecule has 0 unspecified atom stereocenters. The fraction of sp³-hybridized carbons (Fsp3) is 0.333. The van der Waals surface area contributed by atoms with Gasteiger partial charge >= 0.3 is 6.09 Å². The van der Waals surface area contributed by atoms with Crippen molar-refractivity contribution in [3.63, 3.8) is 0 Å². The number of hydrogen-bond acceptors (Lipinski definition) is 4. The standard InChI is InChI=1S/C21H25N3O3/c1-20(2,3)27-19(26)23-21(4,5)14-8-6-13(7-9-14)15-10-11-17-16(18(15)25)12-22-24-17/h6-12,25H,1-5H3,(H,22,24)(H,23,26). The van der Waals surface area contributed by atoms with Gasteiger partial charge in [-0.05, 0) is 57.9 Å². The van der Waals surface area contributed by atoms with Gasteiger partial charge in [0.25, 0.3) is 0 Å². The van der Waals surface area contributed by atoms with Crippen LogP contribution in [-0.2, 0) is 10.3 Å². The Morgan fingerprint density at radius 2 is 1.74 bits per heavy atom. The molecular weight excluding hydrogens is 342 g/mol. The van der Waals surface area contributed by atoms with Gasteiger partial charge in [0.15, 0.2) is 0 Å². The predicted molar refractivity (Wildman–Crippen MR) is 106 cm³/mol. The number of carbonyl (C=O) groups is 1. The molecule has 0 aliphatic carbocycles. The SMILES string of the molecule is CC(C)(C)OC(=O)NC(C)(C)c1ccc(-c2ccc3[nH]ncc3c2O)cc1. The number of phenols is 1. The molecule has 27 heavy (non-hydrogen) atoms. The van der Waals surface area contributed by atoms with Gasteiger partial charge in [0.1, 0.15) is 11.4 Å². The zero-order valence-corrected chi connectivity index (χ0v) is 16.3. The number of alkyl carbamates (subject to hydrolysis) is 1. The lowest BCUT2D eigenvalue weighted by Gasteiger charge is -2.29. The quantitative estimate of drug-likeness (QED) is 0.626. The fourth-order valence-electron chi connectivity index (χ4n) is 2.93. The summed E-state index contributed by atoms with van der Waals surface area (Å²) in [5.74, 6) is 0.195. The van der Waals surface area contributed by atoms with Gasteiger partial charge in [0, 0.05) is 5.56 Å². The first-order valence-corrected chi connectivity index (χ1v) is 8.84. The Morgan fingerprint density at radius 1 is 1.07 bits per heavy atom. The largest absolute Gasteiger partial charge is 0.507 e. The van der Waals surface area contributed by atoms with Gasteiger partial charge in [-0.1, -0.05) is 24.3 Å². The lowest BCUT2D eigenvalue weighted by atomic mass is 9.92. The molecule has 0 fully saturated rings. The van der Waals surface area contributed by atoms with Crippen LogP contribution in [-0.4, -0.2) is 27.0 Å². The molecular formula is C21H25N3O3. The van der Waals surface area contributed by atoms with Gasteiger partial charge in [0.2, 0.25) is 0 Å². The molecule has 2 aromatic carbocycles. The molecule has 1 amide bonds. The highest BCUT2D eigenvalue weighted by molar-refractivity contribution is 5.92. The maximum absolute atomic E-state index is 12.1. The number of nitrogens with zero attached hydrogens (tertiary/aromatic N) is 1. The van der Waals surface area contributed by atoms with E-state index in [-0.39, 0.29) is 5.75 Å². The summed E-state index contributed by atoms with van der Waals surface area (Å²) in [5, 5.41) is 20.9. The molecule has 6 nitrogen and oxygen atoms in total. The average Bonchev–Trinajstić information content (AvgIpc) is 3.02. The third-order valence-corrected chi connectivity index (χ3v) is 4.33. The van der Waals surface area contributed by atoms with Crippen LogP contribution in [0.2, 0.25) is 0 Å². The van der Waals surface area contributed by atoms with E-state index in [1.165, 1.54) is 0 Å². The number of rotatable bonds is 3. The molecule has 0 atom stereocenters. The minimum Gasteiger partial charge on any atom is -0.507 e. The average molecular weight is 367 g/mol. The molecule has 0 aliphatic heterocycles. The van der Waals surface area contributed by atoms with Crippen molar-refractivity contribution in [2.24, 2.45) is 0 Å². The van der Waals surface area contributed by atoms with E-state index in [4.69, 9.17) is 4.74 Å². The normalized spacial score (nSPS) is 12.2. The van der Waals surface area contributed by atoms with Crippen molar-refractivity contribution in [3.8, 4) is 16.9 Å². The van der Waals surface area contributed by atoms with Crippen molar-refractivity contribution in [2.75, 3.05) is 0 Å². The topological polar surface area (TPSA) is 87.2 Å². The third-order valence-electron chi connectivity index (χ3n) is 4.33. The van der Waals surface area contributed by atoms with Gasteiger partial charge in [-0.25, -0.2) is 4.79 Å². The summed E-state index contributed by atoms with van der Waals surface area (Å²) in [7, 11) is 0. The summed E-state index contributed by atoms with van der Waals surface area (Å²) >= 11 is 0. The second-order valence-corrected chi connectivity index (χ2v) is 8.12. The molecule has 0 saturated heterocycles. The number of amides is 1. The molecule has 0 saturated carbocycles. The highest BCUT2D eigenvalue weighted by Gasteiger charge is 2.26. The zero-order valence-electron chi connectivity index (χ0n) is 16.3. The summed E-state index contributed by atoms with van der Waals surface area (Å²) in [4.78, 5) is 12.1. The van der Waals surface area contributed by atoms with E-state index in [9.17, 15) is 9.90 Å². The lowest BCUT2D eigenvalue weighted by Crippen LogP contribution is -2.43. The van der Waals surface area contributed by atoms with Crippen LogP contribution >= 0.6 is 0 Å². The number of aromatic amines is 1. The van der Waals surface area contributed by atoms with Crippen LogP contribution in [0.1, 0.15) is 40.2 Å². The molecule has 0 radical (unpaired) electrons. The Morgan fingerprint density at radius 3 is 2.37 bits per heavy atom. The molecule has 3 aromatic rings. The number of benzene rings is 2. The minimum absolute atomic E-state index is 0.195. The Hall–Kier alpha value is -3.02. The number of H-pyrrole nitrogens is 1. The number of hydrogen-bond donors (Lipinski definition) is 3. The van der Waals surface area contributed by atoms with Gasteiger partial charge in [0.05, 0.1) is 22.6 Å². The molecule has 3 rings (SSSR count). The zero-order chi connectivity index (χ0) is 19.8. The van der Waals surface area contributed by atoms with Gasteiger partial charge < -0.3 is 15.2 Å². The van der Waals surface area contributed by atoms with E-state index in [0.717, 1.165) is 22.2 Å². The highest BCUT2D eigenvalue weighted by Crippen LogP contribution is 2.35. The van der Waals surface area contributed by atoms with Crippen molar-refractivity contribution in [1.29, 1.82) is 0 Å². The van der Waals surface area contributed by atoms with E-state index in [0.29, 0.717) is 5.39 Å². The number of aromatic hydroxyl groups is 1. The molecule has 0 aliphatic rings. The van der Waals surface area contributed by atoms with E-state index in [2.05, 4.69) is 15.5 Å². The second-order valence-electron chi connectivity index (χ2n) is 8.12. The maximum Gasteiger partial charge on any atom is 0.408 e. The number of ether oxygens (including phenoxy) is 1. The molecule has 1 heterocycles. The first kappa shape index (κ1) is 18.8. The molecule has 1 aromatic heterocycles. The van der Waals surface area contributed by atoms with Crippen molar-refractivity contribution < 1.29 is 14.6 Å². The Bertz CT molecular complexity index is 966. The first-order valence-electron chi connectivity index (χ1n) is 8.84. The summed E-state index contributed by atoms with van der Waals surface area (Å²) in [5.41, 5.74) is 2.18. The minimum atomic E-state index is -0.600. The van der Waals surface area contributed by atoms with Crippen molar-refractivity contribution in [2.45, 2.75) is 45.8 Å². The maximum atomic E-state index is 12.1. The molecule has 0 spiro atoms. The monoisotopic (exact) mass is 367 g/mol. The van der Waals surface area contributed by atoms with Crippen LogP contribution in [0, 0.1) is 0 Å². The van der Waals surface area contributed by atoms with Crippen LogP contribution in [0.4, 0.5) is 4.79 Å². The van der Waals surface area contributed by atoms with Crippen LogP contribution in [0.3, 0.4) is 0 Å². The summed E-state index contributed by atoms with van der Waals surface area (Å²) < 4.78 is 5.35. The van der Waals surface area contributed by atoms with Crippen LogP contribution in [0.15, 0.2) is 42.6 Å². The van der Waals surface area contributed by atoms with Gasteiger partial charge in [-0.2, -0.15) is 5.10 Å². The first-order chi connectivity index (χ1) is 12.6. The van der Waals surface area contributed by atoms with E-state index < -0.39 is 17.2 Å². The van der Waals surface area contributed by atoms with Gasteiger partial charge in [-0.3, -0.25) is 5.10 Å².